The van der Waals surface area contributed by atoms with Gasteiger partial charge in [-0.3, -0.25) is 4.79 Å². The van der Waals surface area contributed by atoms with E-state index in [1.165, 1.54) is 6.08 Å². The van der Waals surface area contributed by atoms with Gasteiger partial charge in [-0.15, -0.1) is 0 Å². The Morgan fingerprint density at radius 1 is 1.03 bits per heavy atom. The zero-order valence-corrected chi connectivity index (χ0v) is 20.1. The first-order valence-electron chi connectivity index (χ1n) is 10.2. The van der Waals surface area contributed by atoms with Crippen LogP contribution in [0.1, 0.15) is 22.8 Å². The Morgan fingerprint density at radius 3 is 2.35 bits per heavy atom. The minimum absolute atomic E-state index is 0.0895. The molecular weight excluding hydrogens is 500 g/mol. The molecule has 0 bridgehead atoms. The van der Waals surface area contributed by atoms with Gasteiger partial charge in [0.15, 0.2) is 11.5 Å². The number of anilines is 1. The van der Waals surface area contributed by atoms with Crippen molar-refractivity contribution in [3.63, 3.8) is 0 Å². The molecule has 0 aromatic heterocycles. The molecule has 8 heteroatoms. The Morgan fingerprint density at radius 2 is 1.74 bits per heavy atom. The highest BCUT2D eigenvalue weighted by Crippen LogP contribution is 2.30. The van der Waals surface area contributed by atoms with Crippen LogP contribution < -0.4 is 19.5 Å². The normalized spacial score (nSPS) is 10.7. The van der Waals surface area contributed by atoms with Gasteiger partial charge in [-0.2, -0.15) is 5.26 Å². The van der Waals surface area contributed by atoms with Crippen molar-refractivity contribution in [2.45, 2.75) is 6.92 Å². The number of rotatable bonds is 8. The maximum Gasteiger partial charge on any atom is 0.343 e. The van der Waals surface area contributed by atoms with Gasteiger partial charge >= 0.3 is 5.97 Å². The Labute approximate surface area is 205 Å². The third kappa shape index (κ3) is 6.47. The van der Waals surface area contributed by atoms with Crippen molar-refractivity contribution in [1.82, 2.24) is 0 Å². The molecule has 172 valence electrons. The summed E-state index contributed by atoms with van der Waals surface area (Å²) in [6.07, 6.45) is 1.44. The number of hydrogen-bond acceptors (Lipinski definition) is 6. The van der Waals surface area contributed by atoms with Gasteiger partial charge in [0, 0.05) is 10.2 Å². The highest BCUT2D eigenvalue weighted by molar-refractivity contribution is 9.10. The fourth-order valence-electron chi connectivity index (χ4n) is 2.90. The minimum Gasteiger partial charge on any atom is -0.497 e. The first-order chi connectivity index (χ1) is 16.4. The van der Waals surface area contributed by atoms with E-state index in [-0.39, 0.29) is 11.3 Å². The summed E-state index contributed by atoms with van der Waals surface area (Å²) >= 11 is 3.33. The molecular formula is C26H21BrN2O5. The minimum atomic E-state index is -0.557. The van der Waals surface area contributed by atoms with Crippen LogP contribution in [0.25, 0.3) is 6.08 Å². The van der Waals surface area contributed by atoms with Crippen LogP contribution in [0.15, 0.2) is 76.8 Å². The lowest BCUT2D eigenvalue weighted by Crippen LogP contribution is -2.13. The number of ether oxygens (including phenoxy) is 3. The lowest BCUT2D eigenvalue weighted by Gasteiger charge is -2.12. The number of halogens is 1. The molecule has 3 rings (SSSR count). The lowest BCUT2D eigenvalue weighted by atomic mass is 10.1. The topological polar surface area (TPSA) is 97.6 Å². The van der Waals surface area contributed by atoms with Crippen molar-refractivity contribution in [2.75, 3.05) is 19.0 Å². The number of benzene rings is 3. The summed E-state index contributed by atoms with van der Waals surface area (Å²) in [6.45, 7) is 2.12. The van der Waals surface area contributed by atoms with Crippen LogP contribution in [0.2, 0.25) is 0 Å². The SMILES string of the molecule is CCOc1cc(/C=C(\C#N)C(=O)Nc2ccc(Br)cc2)ccc1OC(=O)c1ccc(OC)cc1. The molecule has 0 unspecified atom stereocenters. The highest BCUT2D eigenvalue weighted by Gasteiger charge is 2.15. The maximum absolute atomic E-state index is 12.5. The number of carbonyl (C=O) groups excluding carboxylic acids is 2. The van der Waals surface area contributed by atoms with Crippen molar-refractivity contribution in [2.24, 2.45) is 0 Å². The molecule has 3 aromatic carbocycles. The van der Waals surface area contributed by atoms with Gasteiger partial charge in [0.05, 0.1) is 19.3 Å². The van der Waals surface area contributed by atoms with E-state index in [4.69, 9.17) is 14.2 Å². The van der Waals surface area contributed by atoms with Crippen LogP contribution >= 0.6 is 15.9 Å². The second-order valence-corrected chi connectivity index (χ2v) is 7.80. The fraction of sp³-hybridized carbons (Fsp3) is 0.115. The second kappa shape index (κ2) is 11.7. The Bertz CT molecular complexity index is 1250. The molecule has 0 saturated carbocycles. The van der Waals surface area contributed by atoms with Crippen molar-refractivity contribution in [1.29, 1.82) is 5.26 Å². The summed E-state index contributed by atoms with van der Waals surface area (Å²) in [5.74, 6) is 0.0535. The number of nitriles is 1. The molecule has 0 heterocycles. The number of nitrogens with zero attached hydrogens (tertiary/aromatic N) is 1. The molecule has 7 nitrogen and oxygen atoms in total. The molecule has 0 aliphatic carbocycles. The number of hydrogen-bond donors (Lipinski definition) is 1. The highest BCUT2D eigenvalue weighted by atomic mass is 79.9. The number of carbonyl (C=O) groups is 2. The summed E-state index contributed by atoms with van der Waals surface area (Å²) in [7, 11) is 1.54. The van der Waals surface area contributed by atoms with E-state index in [0.717, 1.165) is 4.47 Å². The molecule has 0 saturated heterocycles. The molecule has 0 spiro atoms. The van der Waals surface area contributed by atoms with Gasteiger partial charge in [-0.1, -0.05) is 22.0 Å². The predicted octanol–water partition coefficient (Wildman–Crippen LogP) is 5.62. The first-order valence-corrected chi connectivity index (χ1v) is 11.0. The molecule has 0 aliphatic rings. The van der Waals surface area contributed by atoms with Gasteiger partial charge in [0.1, 0.15) is 17.4 Å². The second-order valence-electron chi connectivity index (χ2n) is 6.89. The molecule has 34 heavy (non-hydrogen) atoms. The van der Waals surface area contributed by atoms with Crippen LogP contribution in [0.4, 0.5) is 5.69 Å². The summed E-state index contributed by atoms with van der Waals surface area (Å²) in [5.41, 5.74) is 1.36. The van der Waals surface area contributed by atoms with Gasteiger partial charge in [0.2, 0.25) is 0 Å². The summed E-state index contributed by atoms with van der Waals surface area (Å²) in [5, 5.41) is 12.2. The molecule has 0 radical (unpaired) electrons. The van der Waals surface area contributed by atoms with Crippen LogP contribution in [0.5, 0.6) is 17.2 Å². The van der Waals surface area contributed by atoms with Crippen molar-refractivity contribution < 1.29 is 23.8 Å². The van der Waals surface area contributed by atoms with Crippen LogP contribution in [0.3, 0.4) is 0 Å². The quantitative estimate of drug-likeness (QED) is 0.179. The van der Waals surface area contributed by atoms with E-state index >= 15 is 0 Å². The number of nitrogens with one attached hydrogen (secondary N) is 1. The third-order valence-electron chi connectivity index (χ3n) is 4.57. The molecule has 1 N–H and O–H groups in total. The first kappa shape index (κ1) is 24.6. The molecule has 0 fully saturated rings. The van der Waals surface area contributed by atoms with E-state index in [9.17, 15) is 14.9 Å². The average molecular weight is 521 g/mol. The summed E-state index contributed by atoms with van der Waals surface area (Å²) in [4.78, 5) is 25.1. The number of esters is 1. The van der Waals surface area contributed by atoms with Crippen molar-refractivity contribution >= 4 is 39.6 Å². The average Bonchev–Trinajstić information content (AvgIpc) is 2.85. The predicted molar refractivity (Wildman–Crippen MR) is 132 cm³/mol. The molecule has 0 atom stereocenters. The number of methoxy groups -OCH3 is 1. The monoisotopic (exact) mass is 520 g/mol. The summed E-state index contributed by atoms with van der Waals surface area (Å²) < 4.78 is 17.1. The number of amides is 1. The smallest absolute Gasteiger partial charge is 0.343 e. The molecule has 0 aliphatic heterocycles. The van der Waals surface area contributed by atoms with Crippen LogP contribution in [-0.4, -0.2) is 25.6 Å². The zero-order valence-electron chi connectivity index (χ0n) is 18.5. The van der Waals surface area contributed by atoms with Gasteiger partial charge in [0.25, 0.3) is 5.91 Å². The van der Waals surface area contributed by atoms with Crippen LogP contribution in [-0.2, 0) is 4.79 Å². The van der Waals surface area contributed by atoms with Crippen molar-refractivity contribution in [3.05, 3.63) is 87.9 Å². The molecule has 1 amide bonds. The van der Waals surface area contributed by atoms with E-state index in [0.29, 0.717) is 34.9 Å². The Kier molecular flexibility index (Phi) is 8.43. The van der Waals surface area contributed by atoms with E-state index in [1.54, 1.807) is 80.8 Å². The Balaban J connectivity index is 1.80. The Hall–Kier alpha value is -4.09. The van der Waals surface area contributed by atoms with E-state index in [2.05, 4.69) is 21.2 Å². The largest absolute Gasteiger partial charge is 0.497 e. The van der Waals surface area contributed by atoms with E-state index in [1.807, 2.05) is 6.07 Å². The fourth-order valence-corrected chi connectivity index (χ4v) is 3.16. The third-order valence-corrected chi connectivity index (χ3v) is 5.10. The van der Waals surface area contributed by atoms with Gasteiger partial charge in [-0.25, -0.2) is 4.79 Å². The standard InChI is InChI=1S/C26H21BrN2O5/c1-3-33-24-15-17(14-19(16-28)25(30)29-21-9-7-20(27)8-10-21)4-13-23(24)34-26(31)18-5-11-22(32-2)12-6-18/h4-15H,3H2,1-2H3,(H,29,30)/b19-14+. The molecule has 3 aromatic rings. The van der Waals surface area contributed by atoms with Gasteiger partial charge in [-0.05, 0) is 79.2 Å². The van der Waals surface area contributed by atoms with Crippen LogP contribution in [0, 0.1) is 11.3 Å². The van der Waals surface area contributed by atoms with Crippen molar-refractivity contribution in [3.8, 4) is 23.3 Å². The van der Waals surface area contributed by atoms with E-state index < -0.39 is 11.9 Å². The maximum atomic E-state index is 12.5. The lowest BCUT2D eigenvalue weighted by molar-refractivity contribution is -0.112. The summed E-state index contributed by atoms with van der Waals surface area (Å²) in [6, 6.07) is 20.2. The zero-order chi connectivity index (χ0) is 24.5. The van der Waals surface area contributed by atoms with Gasteiger partial charge < -0.3 is 19.5 Å².